The van der Waals surface area contributed by atoms with E-state index in [1.54, 1.807) is 24.1 Å². The summed E-state index contributed by atoms with van der Waals surface area (Å²) >= 11 is 12.1. The van der Waals surface area contributed by atoms with Crippen LogP contribution in [0.25, 0.3) is 0 Å². The third-order valence-electron chi connectivity index (χ3n) is 3.93. The smallest absolute Gasteiger partial charge is 0.230 e. The number of nitrogens with zero attached hydrogens (tertiary/aromatic N) is 1. The fourth-order valence-corrected chi connectivity index (χ4v) is 2.97. The van der Waals surface area contributed by atoms with Crippen molar-refractivity contribution in [3.8, 4) is 0 Å². The van der Waals surface area contributed by atoms with Crippen LogP contribution in [0.2, 0.25) is 10.0 Å². The number of amides is 1. The first-order valence-electron chi connectivity index (χ1n) is 7.87. The Morgan fingerprint density at radius 2 is 1.83 bits per heavy atom. The quantitative estimate of drug-likeness (QED) is 0.783. The molecule has 0 spiro atoms. The summed E-state index contributed by atoms with van der Waals surface area (Å²) in [4.78, 5) is 14.6. The number of benzene rings is 2. The second kappa shape index (κ2) is 9.07. The van der Waals surface area contributed by atoms with Gasteiger partial charge in [-0.1, -0.05) is 59.6 Å². The minimum Gasteiger partial charge on any atom is -0.396 e. The number of carbonyl (C=O) groups excluding carboxylic acids is 1. The average molecular weight is 366 g/mol. The predicted molar refractivity (Wildman–Crippen MR) is 98.4 cm³/mol. The molecule has 0 saturated carbocycles. The molecule has 0 radical (unpaired) electrons. The maximum atomic E-state index is 12.9. The first-order valence-corrected chi connectivity index (χ1v) is 8.63. The van der Waals surface area contributed by atoms with E-state index in [-0.39, 0.29) is 18.4 Å². The van der Waals surface area contributed by atoms with Crippen LogP contribution >= 0.6 is 23.2 Å². The molecule has 0 fully saturated rings. The molecule has 0 bridgehead atoms. The fraction of sp³-hybridized carbons (Fsp3) is 0.316. The molecule has 5 heteroatoms. The SMILES string of the molecule is CN(Cc1ccccc1)C(=O)C(CCCO)c1ccc(Cl)c(Cl)c1. The number of rotatable bonds is 7. The molecule has 0 saturated heterocycles. The van der Waals surface area contributed by atoms with Gasteiger partial charge >= 0.3 is 0 Å². The summed E-state index contributed by atoms with van der Waals surface area (Å²) in [5.41, 5.74) is 1.89. The number of halogens is 2. The lowest BCUT2D eigenvalue weighted by Gasteiger charge is -2.24. The average Bonchev–Trinajstić information content (AvgIpc) is 2.59. The third-order valence-corrected chi connectivity index (χ3v) is 4.67. The Kier molecular flexibility index (Phi) is 7.10. The van der Waals surface area contributed by atoms with Gasteiger partial charge < -0.3 is 10.0 Å². The number of hydrogen-bond acceptors (Lipinski definition) is 2. The standard InChI is InChI=1S/C19H21Cl2NO2/c1-22(13-14-6-3-2-4-7-14)19(24)16(8-5-11-23)15-9-10-17(20)18(21)12-15/h2-4,6-7,9-10,12,16,23H,5,8,11,13H2,1H3. The molecule has 0 aromatic heterocycles. The molecule has 2 aromatic carbocycles. The molecule has 1 unspecified atom stereocenters. The highest BCUT2D eigenvalue weighted by Crippen LogP contribution is 2.30. The number of likely N-dealkylation sites (N-methyl/N-ethyl adjacent to an activating group) is 1. The largest absolute Gasteiger partial charge is 0.396 e. The minimum atomic E-state index is -0.347. The fourth-order valence-electron chi connectivity index (χ4n) is 2.66. The lowest BCUT2D eigenvalue weighted by molar-refractivity contribution is -0.132. The van der Waals surface area contributed by atoms with Crippen molar-refractivity contribution in [3.63, 3.8) is 0 Å². The molecule has 0 aliphatic rings. The molecule has 1 amide bonds. The van der Waals surface area contributed by atoms with E-state index in [1.807, 2.05) is 36.4 Å². The Labute approximate surface area is 152 Å². The van der Waals surface area contributed by atoms with E-state index in [0.717, 1.165) is 11.1 Å². The molecule has 128 valence electrons. The minimum absolute atomic E-state index is 0.00527. The van der Waals surface area contributed by atoms with Gasteiger partial charge in [0.2, 0.25) is 5.91 Å². The van der Waals surface area contributed by atoms with Crippen LogP contribution in [0.15, 0.2) is 48.5 Å². The summed E-state index contributed by atoms with van der Waals surface area (Å²) < 4.78 is 0. The molecule has 0 heterocycles. The van der Waals surface area contributed by atoms with E-state index < -0.39 is 0 Å². The van der Waals surface area contributed by atoms with Gasteiger partial charge in [0.05, 0.1) is 16.0 Å². The normalized spacial score (nSPS) is 12.0. The first kappa shape index (κ1) is 18.8. The van der Waals surface area contributed by atoms with Gasteiger partial charge in [-0.15, -0.1) is 0 Å². The molecule has 1 N–H and O–H groups in total. The van der Waals surface area contributed by atoms with E-state index in [2.05, 4.69) is 0 Å². The Balaban J connectivity index is 2.19. The van der Waals surface area contributed by atoms with Crippen molar-refractivity contribution >= 4 is 29.1 Å². The summed E-state index contributed by atoms with van der Waals surface area (Å²) in [5.74, 6) is -0.341. The summed E-state index contributed by atoms with van der Waals surface area (Å²) in [6, 6.07) is 15.1. The van der Waals surface area contributed by atoms with Crippen molar-refractivity contribution in [3.05, 3.63) is 69.7 Å². The first-order chi connectivity index (χ1) is 11.5. The van der Waals surface area contributed by atoms with E-state index in [1.165, 1.54) is 0 Å². The van der Waals surface area contributed by atoms with Crippen LogP contribution in [-0.2, 0) is 11.3 Å². The van der Waals surface area contributed by atoms with Gasteiger partial charge in [-0.05, 0) is 36.1 Å². The summed E-state index contributed by atoms with van der Waals surface area (Å²) in [5, 5.41) is 10.0. The Morgan fingerprint density at radius 1 is 1.12 bits per heavy atom. The lowest BCUT2D eigenvalue weighted by Crippen LogP contribution is -2.31. The molecule has 24 heavy (non-hydrogen) atoms. The van der Waals surface area contributed by atoms with Crippen molar-refractivity contribution in [2.24, 2.45) is 0 Å². The highest BCUT2D eigenvalue weighted by Gasteiger charge is 2.24. The predicted octanol–water partition coefficient (Wildman–Crippen LogP) is 4.51. The maximum Gasteiger partial charge on any atom is 0.230 e. The second-order valence-electron chi connectivity index (χ2n) is 5.77. The molecule has 0 aliphatic heterocycles. The zero-order valence-corrected chi connectivity index (χ0v) is 15.1. The molecular weight excluding hydrogens is 345 g/mol. The van der Waals surface area contributed by atoms with Crippen LogP contribution in [-0.4, -0.2) is 29.6 Å². The van der Waals surface area contributed by atoms with Crippen molar-refractivity contribution < 1.29 is 9.90 Å². The van der Waals surface area contributed by atoms with Crippen molar-refractivity contribution in [1.82, 2.24) is 4.90 Å². The Bertz CT molecular complexity index is 676. The van der Waals surface area contributed by atoms with Gasteiger partial charge in [-0.2, -0.15) is 0 Å². The topological polar surface area (TPSA) is 40.5 Å². The van der Waals surface area contributed by atoms with Crippen LogP contribution in [0.4, 0.5) is 0 Å². The van der Waals surface area contributed by atoms with E-state index >= 15 is 0 Å². The molecule has 0 aliphatic carbocycles. The zero-order chi connectivity index (χ0) is 17.5. The van der Waals surface area contributed by atoms with Gasteiger partial charge in [0.15, 0.2) is 0 Å². The molecule has 2 aromatic rings. The Morgan fingerprint density at radius 3 is 2.46 bits per heavy atom. The zero-order valence-electron chi connectivity index (χ0n) is 13.6. The third kappa shape index (κ3) is 4.97. The van der Waals surface area contributed by atoms with Crippen LogP contribution in [0.3, 0.4) is 0 Å². The van der Waals surface area contributed by atoms with Gasteiger partial charge in [0.1, 0.15) is 0 Å². The summed E-state index contributed by atoms with van der Waals surface area (Å²) in [6.45, 7) is 0.587. The molecule has 2 rings (SSSR count). The number of hydrogen-bond donors (Lipinski definition) is 1. The maximum absolute atomic E-state index is 12.9. The van der Waals surface area contributed by atoms with Gasteiger partial charge in [0.25, 0.3) is 0 Å². The second-order valence-corrected chi connectivity index (χ2v) is 6.59. The van der Waals surface area contributed by atoms with Crippen LogP contribution in [0, 0.1) is 0 Å². The van der Waals surface area contributed by atoms with Crippen molar-refractivity contribution in [2.45, 2.75) is 25.3 Å². The van der Waals surface area contributed by atoms with Crippen LogP contribution in [0.5, 0.6) is 0 Å². The van der Waals surface area contributed by atoms with Crippen molar-refractivity contribution in [2.75, 3.05) is 13.7 Å². The van der Waals surface area contributed by atoms with Crippen LogP contribution < -0.4 is 0 Å². The van der Waals surface area contributed by atoms with Gasteiger partial charge in [-0.25, -0.2) is 0 Å². The van der Waals surface area contributed by atoms with E-state index in [9.17, 15) is 4.79 Å². The highest BCUT2D eigenvalue weighted by molar-refractivity contribution is 6.42. The van der Waals surface area contributed by atoms with Gasteiger partial charge in [0, 0.05) is 20.2 Å². The number of aliphatic hydroxyl groups excluding tert-OH is 1. The van der Waals surface area contributed by atoms with E-state index in [0.29, 0.717) is 29.4 Å². The van der Waals surface area contributed by atoms with E-state index in [4.69, 9.17) is 28.3 Å². The summed E-state index contributed by atoms with van der Waals surface area (Å²) in [6.07, 6.45) is 1.11. The lowest BCUT2D eigenvalue weighted by atomic mass is 9.92. The molecule has 1 atom stereocenters. The number of carbonyl (C=O) groups is 1. The highest BCUT2D eigenvalue weighted by atomic mass is 35.5. The van der Waals surface area contributed by atoms with Gasteiger partial charge in [-0.3, -0.25) is 4.79 Å². The number of aliphatic hydroxyl groups is 1. The van der Waals surface area contributed by atoms with Crippen molar-refractivity contribution in [1.29, 1.82) is 0 Å². The summed E-state index contributed by atoms with van der Waals surface area (Å²) in [7, 11) is 1.79. The van der Waals surface area contributed by atoms with Crippen LogP contribution in [0.1, 0.15) is 29.9 Å². The Hall–Kier alpha value is -1.55. The monoisotopic (exact) mass is 365 g/mol. The molecular formula is C19H21Cl2NO2. The molecule has 3 nitrogen and oxygen atoms in total.